The van der Waals surface area contributed by atoms with Gasteiger partial charge in [0.2, 0.25) is 5.91 Å². The van der Waals surface area contributed by atoms with Crippen molar-refractivity contribution in [1.29, 1.82) is 0 Å². The van der Waals surface area contributed by atoms with Crippen LogP contribution in [0.4, 0.5) is 11.4 Å². The number of amides is 2. The van der Waals surface area contributed by atoms with Gasteiger partial charge in [0, 0.05) is 22.2 Å². The highest BCUT2D eigenvalue weighted by atomic mass is 32.1. The zero-order chi connectivity index (χ0) is 17.8. The molecule has 1 aliphatic carbocycles. The highest BCUT2D eigenvalue weighted by molar-refractivity contribution is 7.14. The summed E-state index contributed by atoms with van der Waals surface area (Å²) in [5.74, 6) is 0.139. The minimum absolute atomic E-state index is 0.0681. The normalized spacial score (nSPS) is 13.5. The van der Waals surface area contributed by atoms with Gasteiger partial charge in [-0.3, -0.25) is 9.59 Å². The number of rotatable bonds is 7. The van der Waals surface area contributed by atoms with E-state index in [0.717, 1.165) is 42.7 Å². The zero-order valence-corrected chi connectivity index (χ0v) is 15.5. The van der Waals surface area contributed by atoms with Crippen molar-refractivity contribution in [3.63, 3.8) is 0 Å². The van der Waals surface area contributed by atoms with E-state index in [-0.39, 0.29) is 17.7 Å². The molecular weight excluding hydrogens is 332 g/mol. The van der Waals surface area contributed by atoms with E-state index in [1.165, 1.54) is 10.4 Å². The van der Waals surface area contributed by atoms with Crippen molar-refractivity contribution in [2.75, 3.05) is 10.6 Å². The first-order valence-corrected chi connectivity index (χ1v) is 9.76. The van der Waals surface area contributed by atoms with Crippen molar-refractivity contribution in [1.82, 2.24) is 0 Å². The van der Waals surface area contributed by atoms with Crippen molar-refractivity contribution in [2.24, 2.45) is 5.92 Å². The molecule has 132 valence electrons. The van der Waals surface area contributed by atoms with Crippen LogP contribution < -0.4 is 10.6 Å². The van der Waals surface area contributed by atoms with Crippen LogP contribution in [0.3, 0.4) is 0 Å². The Labute approximate surface area is 152 Å². The largest absolute Gasteiger partial charge is 0.326 e. The Hall–Kier alpha value is -2.14. The number of thiophene rings is 1. The number of hydrogen-bond acceptors (Lipinski definition) is 3. The molecule has 0 saturated heterocycles. The maximum Gasteiger partial charge on any atom is 0.265 e. The van der Waals surface area contributed by atoms with Crippen molar-refractivity contribution < 1.29 is 9.59 Å². The number of anilines is 2. The first kappa shape index (κ1) is 17.7. The van der Waals surface area contributed by atoms with Gasteiger partial charge in [-0.15, -0.1) is 11.3 Å². The summed E-state index contributed by atoms with van der Waals surface area (Å²) in [4.78, 5) is 26.5. The molecule has 5 heteroatoms. The minimum atomic E-state index is -0.0901. The van der Waals surface area contributed by atoms with Gasteiger partial charge < -0.3 is 10.6 Å². The third-order valence-corrected chi connectivity index (χ3v) is 5.55. The molecule has 0 unspecified atom stereocenters. The zero-order valence-electron chi connectivity index (χ0n) is 14.7. The third-order valence-electron chi connectivity index (χ3n) is 4.31. The van der Waals surface area contributed by atoms with Gasteiger partial charge in [0.05, 0.1) is 4.88 Å². The van der Waals surface area contributed by atoms with Crippen LogP contribution in [0.2, 0.25) is 0 Å². The Kier molecular flexibility index (Phi) is 5.53. The van der Waals surface area contributed by atoms with E-state index in [1.807, 2.05) is 24.3 Å². The van der Waals surface area contributed by atoms with Crippen LogP contribution in [0.25, 0.3) is 0 Å². The first-order valence-electron chi connectivity index (χ1n) is 8.94. The molecule has 2 amide bonds. The Morgan fingerprint density at radius 2 is 1.84 bits per heavy atom. The minimum Gasteiger partial charge on any atom is -0.326 e. The number of benzene rings is 1. The van der Waals surface area contributed by atoms with Gasteiger partial charge in [-0.2, -0.15) is 0 Å². The smallest absolute Gasteiger partial charge is 0.265 e. The summed E-state index contributed by atoms with van der Waals surface area (Å²) in [5, 5.41) is 5.85. The maximum absolute atomic E-state index is 12.6. The van der Waals surface area contributed by atoms with Crippen LogP contribution in [-0.2, 0) is 17.6 Å². The van der Waals surface area contributed by atoms with Crippen LogP contribution >= 0.6 is 11.3 Å². The van der Waals surface area contributed by atoms with Crippen molar-refractivity contribution in [2.45, 2.75) is 46.0 Å². The molecule has 1 heterocycles. The van der Waals surface area contributed by atoms with Crippen LogP contribution in [0.5, 0.6) is 0 Å². The summed E-state index contributed by atoms with van der Waals surface area (Å²) in [6.07, 6.45) is 4.99. The van der Waals surface area contributed by atoms with Crippen molar-refractivity contribution >= 4 is 34.5 Å². The Morgan fingerprint density at radius 3 is 2.48 bits per heavy atom. The lowest BCUT2D eigenvalue weighted by molar-refractivity contribution is -0.117. The van der Waals surface area contributed by atoms with Crippen LogP contribution in [0, 0.1) is 5.92 Å². The highest BCUT2D eigenvalue weighted by Crippen LogP contribution is 2.30. The Balaban J connectivity index is 1.69. The van der Waals surface area contributed by atoms with E-state index in [4.69, 9.17) is 0 Å². The van der Waals surface area contributed by atoms with E-state index in [2.05, 4.69) is 24.5 Å². The SMILES string of the molecule is CCCc1sc(C(=O)Nc2cccc(NC(=O)C3CC3)c2)cc1CC. The van der Waals surface area contributed by atoms with E-state index < -0.39 is 0 Å². The van der Waals surface area contributed by atoms with Gasteiger partial charge in [-0.05, 0) is 55.5 Å². The van der Waals surface area contributed by atoms with Gasteiger partial charge in [0.1, 0.15) is 0 Å². The molecule has 4 nitrogen and oxygen atoms in total. The molecule has 0 aliphatic heterocycles. The fraction of sp³-hybridized carbons (Fsp3) is 0.400. The van der Waals surface area contributed by atoms with E-state index in [9.17, 15) is 9.59 Å². The van der Waals surface area contributed by atoms with Gasteiger partial charge >= 0.3 is 0 Å². The summed E-state index contributed by atoms with van der Waals surface area (Å²) in [5.41, 5.74) is 2.69. The molecule has 25 heavy (non-hydrogen) atoms. The van der Waals surface area contributed by atoms with Crippen LogP contribution in [0.1, 0.15) is 53.2 Å². The standard InChI is InChI=1S/C20H24N2O2S/c1-3-6-17-13(4-2)11-18(25-17)20(24)22-16-8-5-7-15(12-16)21-19(23)14-9-10-14/h5,7-8,11-12,14H,3-4,6,9-10H2,1-2H3,(H,21,23)(H,22,24). The molecular formula is C20H24N2O2S. The molecule has 0 spiro atoms. The number of carbonyl (C=O) groups excluding carboxylic acids is 2. The molecule has 2 N–H and O–H groups in total. The summed E-state index contributed by atoms with van der Waals surface area (Å²) in [7, 11) is 0. The fourth-order valence-corrected chi connectivity index (χ4v) is 4.02. The summed E-state index contributed by atoms with van der Waals surface area (Å²) >= 11 is 1.58. The predicted octanol–water partition coefficient (Wildman–Crippen LogP) is 4.86. The molecule has 1 aromatic heterocycles. The Morgan fingerprint density at radius 1 is 1.12 bits per heavy atom. The van der Waals surface area contributed by atoms with Crippen molar-refractivity contribution in [3.05, 3.63) is 45.6 Å². The second kappa shape index (κ2) is 7.83. The number of aryl methyl sites for hydroxylation is 2. The van der Waals surface area contributed by atoms with E-state index >= 15 is 0 Å². The summed E-state index contributed by atoms with van der Waals surface area (Å²) in [6.45, 7) is 4.27. The van der Waals surface area contributed by atoms with Gasteiger partial charge in [-0.1, -0.05) is 26.3 Å². The molecule has 1 saturated carbocycles. The average molecular weight is 356 g/mol. The molecule has 1 aliphatic rings. The molecule has 0 atom stereocenters. The maximum atomic E-state index is 12.6. The molecule has 1 fully saturated rings. The molecule has 1 aromatic carbocycles. The van der Waals surface area contributed by atoms with E-state index in [1.54, 1.807) is 17.4 Å². The van der Waals surface area contributed by atoms with Crippen LogP contribution in [-0.4, -0.2) is 11.8 Å². The molecule has 0 radical (unpaired) electrons. The Bertz CT molecular complexity index is 778. The summed E-state index contributed by atoms with van der Waals surface area (Å²) < 4.78 is 0. The van der Waals surface area contributed by atoms with Gasteiger partial charge in [0.25, 0.3) is 5.91 Å². The average Bonchev–Trinajstić information content (AvgIpc) is 3.37. The van der Waals surface area contributed by atoms with Crippen molar-refractivity contribution in [3.8, 4) is 0 Å². The number of nitrogens with one attached hydrogen (secondary N) is 2. The molecule has 0 bridgehead atoms. The topological polar surface area (TPSA) is 58.2 Å². The van der Waals surface area contributed by atoms with E-state index in [0.29, 0.717) is 5.69 Å². The lowest BCUT2D eigenvalue weighted by atomic mass is 10.1. The van der Waals surface area contributed by atoms with Crippen LogP contribution in [0.15, 0.2) is 30.3 Å². The third kappa shape index (κ3) is 4.48. The monoisotopic (exact) mass is 356 g/mol. The molecule has 2 aromatic rings. The summed E-state index contributed by atoms with van der Waals surface area (Å²) in [6, 6.07) is 9.33. The van der Waals surface area contributed by atoms with Gasteiger partial charge in [-0.25, -0.2) is 0 Å². The van der Waals surface area contributed by atoms with Gasteiger partial charge in [0.15, 0.2) is 0 Å². The lowest BCUT2D eigenvalue weighted by Gasteiger charge is -2.08. The predicted molar refractivity (Wildman–Crippen MR) is 103 cm³/mol. The fourth-order valence-electron chi connectivity index (χ4n) is 2.77. The second-order valence-corrected chi connectivity index (χ2v) is 7.60. The second-order valence-electron chi connectivity index (χ2n) is 6.46. The quantitative estimate of drug-likeness (QED) is 0.744. The lowest BCUT2D eigenvalue weighted by Crippen LogP contribution is -2.14. The molecule has 3 rings (SSSR count). The number of carbonyl (C=O) groups is 2. The highest BCUT2D eigenvalue weighted by Gasteiger charge is 2.29. The number of hydrogen-bond donors (Lipinski definition) is 2. The first-order chi connectivity index (χ1) is 12.1.